The molecule has 1 aromatic carbocycles. The highest BCUT2D eigenvalue weighted by molar-refractivity contribution is 9.10. The Kier molecular flexibility index (Phi) is 4.05. The zero-order valence-corrected chi connectivity index (χ0v) is 14.1. The van der Waals surface area contributed by atoms with Gasteiger partial charge in [-0.05, 0) is 34.6 Å². The van der Waals surface area contributed by atoms with Gasteiger partial charge in [0.2, 0.25) is 5.91 Å². The van der Waals surface area contributed by atoms with Gasteiger partial charge in [-0.15, -0.1) is 0 Å². The average molecular weight is 367 g/mol. The maximum absolute atomic E-state index is 12.0. The van der Waals surface area contributed by atoms with Gasteiger partial charge < -0.3 is 15.2 Å². The first-order valence-corrected chi connectivity index (χ1v) is 8.24. The second kappa shape index (κ2) is 5.82. The van der Waals surface area contributed by atoms with Crippen molar-refractivity contribution in [3.05, 3.63) is 34.6 Å². The molecule has 3 rings (SSSR count). The summed E-state index contributed by atoms with van der Waals surface area (Å²) in [6, 6.07) is 3.73. The Balaban J connectivity index is 1.94. The second-order valence-electron chi connectivity index (χ2n) is 4.77. The van der Waals surface area contributed by atoms with E-state index in [1.807, 2.05) is 36.9 Å². The molecule has 5 nitrogen and oxygen atoms in total. The van der Waals surface area contributed by atoms with Crippen molar-refractivity contribution in [3.8, 4) is 0 Å². The first-order chi connectivity index (χ1) is 10.1. The Morgan fingerprint density at radius 1 is 1.52 bits per heavy atom. The molecule has 7 heteroatoms. The number of aromatic nitrogens is 2. The van der Waals surface area contributed by atoms with Crippen LogP contribution in [0, 0.1) is 0 Å². The minimum atomic E-state index is -0.270. The summed E-state index contributed by atoms with van der Waals surface area (Å²) in [6.45, 7) is 2.74. The van der Waals surface area contributed by atoms with E-state index in [1.54, 1.807) is 18.0 Å². The number of nitrogens with one attached hydrogen (secondary N) is 2. The van der Waals surface area contributed by atoms with Gasteiger partial charge in [0.25, 0.3) is 0 Å². The first kappa shape index (κ1) is 14.6. The van der Waals surface area contributed by atoms with E-state index in [0.29, 0.717) is 0 Å². The summed E-state index contributed by atoms with van der Waals surface area (Å²) in [5, 5.41) is 7.03. The summed E-state index contributed by atoms with van der Waals surface area (Å²) < 4.78 is 2.93. The second-order valence-corrected chi connectivity index (χ2v) is 6.64. The summed E-state index contributed by atoms with van der Waals surface area (Å²) in [7, 11) is 1.96. The number of carbonyl (C=O) groups is 1. The molecule has 2 heterocycles. The Bertz CT molecular complexity index is 700. The van der Waals surface area contributed by atoms with Crippen LogP contribution in [-0.4, -0.2) is 22.0 Å². The lowest BCUT2D eigenvalue weighted by Gasteiger charge is -2.11. The number of benzene rings is 1. The van der Waals surface area contributed by atoms with Crippen molar-refractivity contribution in [2.24, 2.45) is 7.05 Å². The minimum absolute atomic E-state index is 0.00195. The number of hydrogen-bond acceptors (Lipinski definition) is 4. The van der Waals surface area contributed by atoms with Crippen LogP contribution >= 0.6 is 27.7 Å². The largest absolute Gasteiger partial charge is 0.329 e. The summed E-state index contributed by atoms with van der Waals surface area (Å²) in [5.74, 6) is -0.00195. The fourth-order valence-electron chi connectivity index (χ4n) is 2.30. The van der Waals surface area contributed by atoms with Crippen LogP contribution in [0.3, 0.4) is 0 Å². The molecule has 0 spiro atoms. The molecular weight excluding hydrogens is 352 g/mol. The smallest absolute Gasteiger partial charge is 0.246 e. The molecular formula is C14H15BrN4OS. The van der Waals surface area contributed by atoms with Crippen molar-refractivity contribution in [2.45, 2.75) is 23.0 Å². The molecule has 2 N–H and O–H groups in total. The number of fused-ring (bicyclic) bond motifs is 1. The highest BCUT2D eigenvalue weighted by Crippen LogP contribution is 2.40. The van der Waals surface area contributed by atoms with Gasteiger partial charge in [0.05, 0.1) is 0 Å². The Labute approximate surface area is 135 Å². The third kappa shape index (κ3) is 2.73. The Hall–Kier alpha value is -1.31. The molecule has 0 radical (unpaired) electrons. The van der Waals surface area contributed by atoms with Crippen molar-refractivity contribution in [3.63, 3.8) is 0 Å². The van der Waals surface area contributed by atoms with Crippen LogP contribution in [0.4, 0.5) is 5.69 Å². The predicted molar refractivity (Wildman–Crippen MR) is 86.5 cm³/mol. The zero-order valence-electron chi connectivity index (χ0n) is 11.7. The fraction of sp³-hybridized carbons (Fsp3) is 0.286. The van der Waals surface area contributed by atoms with E-state index < -0.39 is 0 Å². The molecule has 1 aliphatic rings. The highest BCUT2D eigenvalue weighted by atomic mass is 79.9. The van der Waals surface area contributed by atoms with E-state index >= 15 is 0 Å². The van der Waals surface area contributed by atoms with E-state index in [2.05, 4.69) is 31.5 Å². The van der Waals surface area contributed by atoms with Crippen LogP contribution in [0.15, 0.2) is 39.1 Å². The Morgan fingerprint density at radius 3 is 3.00 bits per heavy atom. The van der Waals surface area contributed by atoms with Gasteiger partial charge in [0, 0.05) is 40.1 Å². The number of halogens is 1. The number of amides is 1. The predicted octanol–water partition coefficient (Wildman–Crippen LogP) is 2.94. The lowest BCUT2D eigenvalue weighted by molar-refractivity contribution is -0.117. The molecule has 1 aromatic heterocycles. The van der Waals surface area contributed by atoms with E-state index in [-0.39, 0.29) is 11.9 Å². The molecule has 1 amide bonds. The third-order valence-corrected chi connectivity index (χ3v) is 5.37. The first-order valence-electron chi connectivity index (χ1n) is 6.63. The average Bonchev–Trinajstić information content (AvgIpc) is 2.97. The summed E-state index contributed by atoms with van der Waals surface area (Å²) in [4.78, 5) is 17.3. The van der Waals surface area contributed by atoms with E-state index in [9.17, 15) is 4.79 Å². The van der Waals surface area contributed by atoms with Crippen molar-refractivity contribution in [1.29, 1.82) is 0 Å². The van der Waals surface area contributed by atoms with Gasteiger partial charge in [0.1, 0.15) is 6.04 Å². The number of rotatable bonds is 4. The summed E-state index contributed by atoms with van der Waals surface area (Å²) in [6.07, 6.45) is 3.68. The van der Waals surface area contributed by atoms with Crippen LogP contribution in [0.2, 0.25) is 0 Å². The number of imidazole rings is 1. The van der Waals surface area contributed by atoms with Gasteiger partial charge in [-0.3, -0.25) is 4.79 Å². The Morgan fingerprint density at radius 2 is 2.33 bits per heavy atom. The number of likely N-dealkylation sites (N-methyl/N-ethyl adjacent to an activating group) is 1. The van der Waals surface area contributed by atoms with E-state index in [1.165, 1.54) is 0 Å². The molecule has 1 unspecified atom stereocenters. The van der Waals surface area contributed by atoms with Gasteiger partial charge >= 0.3 is 0 Å². The molecule has 0 saturated heterocycles. The third-order valence-electron chi connectivity index (χ3n) is 3.32. The normalized spacial score (nSPS) is 16.9. The minimum Gasteiger partial charge on any atom is -0.329 e. The number of aryl methyl sites for hydroxylation is 1. The van der Waals surface area contributed by atoms with Crippen LogP contribution < -0.4 is 10.6 Å². The molecule has 110 valence electrons. The SMILES string of the molecule is CCNC1C(=O)Nc2cc(Sc3nccn3C)c(Br)cc21. The number of carbonyl (C=O) groups excluding carboxylic acids is 1. The van der Waals surface area contributed by atoms with E-state index in [4.69, 9.17) is 0 Å². The van der Waals surface area contributed by atoms with Crippen molar-refractivity contribution >= 4 is 39.3 Å². The quantitative estimate of drug-likeness (QED) is 0.873. The summed E-state index contributed by atoms with van der Waals surface area (Å²) >= 11 is 5.16. The molecule has 0 fully saturated rings. The van der Waals surface area contributed by atoms with Crippen molar-refractivity contribution < 1.29 is 4.79 Å². The summed E-state index contributed by atoms with van der Waals surface area (Å²) in [5.41, 5.74) is 1.85. The van der Waals surface area contributed by atoms with Gasteiger partial charge in [-0.25, -0.2) is 4.98 Å². The zero-order chi connectivity index (χ0) is 15.0. The molecule has 2 aromatic rings. The lowest BCUT2D eigenvalue weighted by atomic mass is 10.1. The van der Waals surface area contributed by atoms with Crippen molar-refractivity contribution in [1.82, 2.24) is 14.9 Å². The van der Waals surface area contributed by atoms with Crippen LogP contribution in [0.25, 0.3) is 0 Å². The topological polar surface area (TPSA) is 59.0 Å². The van der Waals surface area contributed by atoms with Crippen LogP contribution in [-0.2, 0) is 11.8 Å². The van der Waals surface area contributed by atoms with Gasteiger partial charge in [0.15, 0.2) is 5.16 Å². The van der Waals surface area contributed by atoms with Crippen LogP contribution in [0.5, 0.6) is 0 Å². The highest BCUT2D eigenvalue weighted by Gasteiger charge is 2.30. The standard InChI is InChI=1S/C14H15BrN4OS/c1-3-16-12-8-6-9(15)11(7-10(8)18-13(12)20)21-14-17-4-5-19(14)2/h4-7,12,16H,3H2,1-2H3,(H,18,20). The fourth-order valence-corrected chi connectivity index (χ4v) is 3.75. The molecule has 1 aliphatic heterocycles. The maximum atomic E-state index is 12.0. The number of anilines is 1. The maximum Gasteiger partial charge on any atom is 0.246 e. The van der Waals surface area contributed by atoms with Crippen LogP contribution in [0.1, 0.15) is 18.5 Å². The monoisotopic (exact) mass is 366 g/mol. The molecule has 0 bridgehead atoms. The van der Waals surface area contributed by atoms with E-state index in [0.717, 1.165) is 32.3 Å². The molecule has 0 saturated carbocycles. The lowest BCUT2D eigenvalue weighted by Crippen LogP contribution is -2.27. The molecule has 1 atom stereocenters. The van der Waals surface area contributed by atoms with Gasteiger partial charge in [-0.1, -0.05) is 18.7 Å². The molecule has 21 heavy (non-hydrogen) atoms. The van der Waals surface area contributed by atoms with Gasteiger partial charge in [-0.2, -0.15) is 0 Å². The molecule has 0 aliphatic carbocycles. The number of nitrogens with zero attached hydrogens (tertiary/aromatic N) is 2. The van der Waals surface area contributed by atoms with Crippen molar-refractivity contribution in [2.75, 3.05) is 11.9 Å². The number of hydrogen-bond donors (Lipinski definition) is 2.